The number of ether oxygens (including phenoxy) is 1. The van der Waals surface area contributed by atoms with Crippen LogP contribution in [0.25, 0.3) is 10.4 Å². The smallest absolute Gasteiger partial charge is 0.413 e. The molecule has 26 heavy (non-hydrogen) atoms. The Balaban J connectivity index is 1.31. The minimum atomic E-state index is -0.361. The Kier molecular flexibility index (Phi) is 3.98. The molecule has 6 rings (SSSR count). The van der Waals surface area contributed by atoms with E-state index in [1.54, 1.807) is 11.3 Å². The summed E-state index contributed by atoms with van der Waals surface area (Å²) in [5.74, 6) is 2.41. The van der Waals surface area contributed by atoms with Gasteiger partial charge in [-0.25, -0.2) is 9.78 Å². The first kappa shape index (κ1) is 16.3. The number of rotatable bonds is 3. The van der Waals surface area contributed by atoms with Crippen LogP contribution in [0.1, 0.15) is 17.8 Å². The molecule has 1 aromatic heterocycles. The molecule has 1 amide bonds. The van der Waals surface area contributed by atoms with E-state index < -0.39 is 0 Å². The summed E-state index contributed by atoms with van der Waals surface area (Å²) < 4.78 is 5.92. The molecule has 4 heterocycles. The Bertz CT molecular complexity index is 792. The van der Waals surface area contributed by atoms with Crippen molar-refractivity contribution in [2.45, 2.75) is 25.9 Å². The molecule has 1 aromatic carbocycles. The molecule has 136 valence electrons. The molecule has 2 aromatic rings. The van der Waals surface area contributed by atoms with Gasteiger partial charge in [-0.2, -0.15) is 0 Å². The molecule has 2 atom stereocenters. The van der Waals surface area contributed by atoms with Crippen LogP contribution in [0.15, 0.2) is 30.3 Å². The number of hydrogen-bond donors (Lipinski definition) is 1. The van der Waals surface area contributed by atoms with Gasteiger partial charge in [-0.15, -0.1) is 11.3 Å². The number of nitrogens with one attached hydrogen (secondary N) is 1. The predicted molar refractivity (Wildman–Crippen MR) is 102 cm³/mol. The number of benzene rings is 1. The highest BCUT2D eigenvalue weighted by Crippen LogP contribution is 2.45. The van der Waals surface area contributed by atoms with E-state index in [1.165, 1.54) is 19.4 Å². The lowest BCUT2D eigenvalue weighted by Gasteiger charge is -2.54. The summed E-state index contributed by atoms with van der Waals surface area (Å²) in [5, 5.41) is 3.85. The van der Waals surface area contributed by atoms with Crippen LogP contribution >= 0.6 is 11.3 Å². The second-order valence-corrected chi connectivity index (χ2v) is 9.05. The van der Waals surface area contributed by atoms with E-state index in [4.69, 9.17) is 4.74 Å². The normalized spacial score (nSPS) is 31.8. The zero-order chi connectivity index (χ0) is 17.7. The molecule has 3 saturated heterocycles. The first-order valence-corrected chi connectivity index (χ1v) is 10.2. The molecule has 5 nitrogen and oxygen atoms in total. The number of carbonyl (C=O) groups is 1. The zero-order valence-corrected chi connectivity index (χ0v) is 15.7. The minimum Gasteiger partial charge on any atom is -0.445 e. The fourth-order valence-corrected chi connectivity index (χ4v) is 5.98. The molecule has 3 aliphatic heterocycles. The average Bonchev–Trinajstić information content (AvgIpc) is 2.98. The molecule has 4 fully saturated rings. The fraction of sp³-hybridized carbons (Fsp3) is 0.500. The molecule has 0 radical (unpaired) electrons. The van der Waals surface area contributed by atoms with E-state index in [2.05, 4.69) is 15.2 Å². The quantitative estimate of drug-likeness (QED) is 0.888. The molecule has 1 N–H and O–H groups in total. The Morgan fingerprint density at radius 2 is 1.92 bits per heavy atom. The molecule has 2 unspecified atom stereocenters. The second-order valence-electron chi connectivity index (χ2n) is 7.85. The van der Waals surface area contributed by atoms with Gasteiger partial charge < -0.3 is 9.64 Å². The minimum absolute atomic E-state index is 0.0581. The van der Waals surface area contributed by atoms with Gasteiger partial charge in [0.2, 0.25) is 0 Å². The topological polar surface area (TPSA) is 54.5 Å². The maximum absolute atomic E-state index is 12.6. The third kappa shape index (κ3) is 2.91. The van der Waals surface area contributed by atoms with Gasteiger partial charge in [-0.3, -0.25) is 5.32 Å². The molecule has 6 heteroatoms. The van der Waals surface area contributed by atoms with Crippen LogP contribution in [0.2, 0.25) is 0 Å². The number of nitrogens with zero attached hydrogens (tertiary/aromatic N) is 2. The lowest BCUT2D eigenvalue weighted by atomic mass is 9.66. The van der Waals surface area contributed by atoms with E-state index in [9.17, 15) is 4.79 Å². The number of anilines is 1. The maximum Gasteiger partial charge on any atom is 0.413 e. The highest BCUT2D eigenvalue weighted by Gasteiger charge is 2.49. The summed E-state index contributed by atoms with van der Waals surface area (Å²) in [5.41, 5.74) is 1.07. The summed E-state index contributed by atoms with van der Waals surface area (Å²) >= 11 is 1.59. The monoisotopic (exact) mass is 369 g/mol. The lowest BCUT2D eigenvalue weighted by Crippen LogP contribution is -2.61. The van der Waals surface area contributed by atoms with Crippen LogP contribution in [-0.2, 0) is 4.74 Å². The summed E-state index contributed by atoms with van der Waals surface area (Å²) in [6.07, 6.45) is 2.11. The van der Waals surface area contributed by atoms with Crippen molar-refractivity contribution in [3.63, 3.8) is 0 Å². The highest BCUT2D eigenvalue weighted by atomic mass is 32.1. The predicted octanol–water partition coefficient (Wildman–Crippen LogP) is 4.01. The van der Waals surface area contributed by atoms with Gasteiger partial charge in [-0.05, 0) is 31.2 Å². The third-order valence-corrected chi connectivity index (χ3v) is 6.96. The lowest BCUT2D eigenvalue weighted by molar-refractivity contribution is -0.110. The first-order valence-electron chi connectivity index (χ1n) is 9.38. The van der Waals surface area contributed by atoms with Crippen LogP contribution < -0.4 is 5.32 Å². The van der Waals surface area contributed by atoms with Gasteiger partial charge >= 0.3 is 6.09 Å². The van der Waals surface area contributed by atoms with Gasteiger partial charge in [0.15, 0.2) is 5.82 Å². The largest absolute Gasteiger partial charge is 0.445 e. The molecular formula is C20H23N3O2S. The van der Waals surface area contributed by atoms with E-state index in [-0.39, 0.29) is 12.2 Å². The van der Waals surface area contributed by atoms with Crippen molar-refractivity contribution in [2.24, 2.45) is 17.8 Å². The molecule has 1 aliphatic carbocycles. The van der Waals surface area contributed by atoms with Crippen molar-refractivity contribution in [3.8, 4) is 10.4 Å². The highest BCUT2D eigenvalue weighted by molar-refractivity contribution is 7.15. The van der Waals surface area contributed by atoms with Gasteiger partial charge in [0.05, 0.1) is 9.88 Å². The van der Waals surface area contributed by atoms with E-state index in [0.717, 1.165) is 34.5 Å². The van der Waals surface area contributed by atoms with Crippen LogP contribution in [-0.4, -0.2) is 41.7 Å². The summed E-state index contributed by atoms with van der Waals surface area (Å²) in [6, 6.07) is 10.1. The molecule has 1 saturated carbocycles. The Morgan fingerprint density at radius 3 is 2.62 bits per heavy atom. The number of aromatic nitrogens is 1. The molecule has 4 bridgehead atoms. The molecule has 4 aliphatic rings. The second kappa shape index (κ2) is 6.35. The molecular weight excluding hydrogens is 346 g/mol. The SMILES string of the molecule is Cc1nc(NC(=O)OC2C3CC4CC2CN(C4)C3)c(-c2ccccc2)s1. The number of hydrogen-bond acceptors (Lipinski definition) is 5. The van der Waals surface area contributed by atoms with Crippen molar-refractivity contribution in [1.29, 1.82) is 0 Å². The standard InChI is InChI=1S/C20H23N3O2S/c1-12-21-19(18(26-12)14-5-3-2-4-6-14)22-20(24)25-17-15-7-13-8-16(17)11-23(9-13)10-15/h2-6,13,15-17H,7-11H2,1H3,(H,22,24). The number of aryl methyl sites for hydroxylation is 1. The number of carbonyl (C=O) groups excluding carboxylic acids is 1. The van der Waals surface area contributed by atoms with Crippen molar-refractivity contribution in [3.05, 3.63) is 35.3 Å². The summed E-state index contributed by atoms with van der Waals surface area (Å²) in [6.45, 7) is 5.36. The van der Waals surface area contributed by atoms with Gasteiger partial charge in [0, 0.05) is 31.5 Å². The third-order valence-electron chi connectivity index (χ3n) is 5.94. The van der Waals surface area contributed by atoms with Gasteiger partial charge in [0.25, 0.3) is 0 Å². The number of amides is 1. The zero-order valence-electron chi connectivity index (χ0n) is 14.9. The van der Waals surface area contributed by atoms with Crippen LogP contribution in [0.3, 0.4) is 0 Å². The van der Waals surface area contributed by atoms with E-state index in [1.807, 2.05) is 37.3 Å². The van der Waals surface area contributed by atoms with E-state index >= 15 is 0 Å². The number of piperidine rings is 3. The van der Waals surface area contributed by atoms with Gasteiger partial charge in [0.1, 0.15) is 6.10 Å². The summed E-state index contributed by atoms with van der Waals surface area (Å²) in [4.78, 5) is 20.7. The average molecular weight is 369 g/mol. The van der Waals surface area contributed by atoms with Crippen molar-refractivity contribution in [2.75, 3.05) is 25.0 Å². The van der Waals surface area contributed by atoms with Crippen LogP contribution in [0.4, 0.5) is 10.6 Å². The Labute approximate surface area is 157 Å². The van der Waals surface area contributed by atoms with E-state index in [0.29, 0.717) is 17.7 Å². The molecule has 0 spiro atoms. The van der Waals surface area contributed by atoms with Crippen molar-refractivity contribution in [1.82, 2.24) is 9.88 Å². The van der Waals surface area contributed by atoms with Crippen molar-refractivity contribution < 1.29 is 9.53 Å². The fourth-order valence-electron chi connectivity index (χ4n) is 5.10. The first-order chi connectivity index (χ1) is 12.7. The summed E-state index contributed by atoms with van der Waals surface area (Å²) in [7, 11) is 0. The van der Waals surface area contributed by atoms with Crippen LogP contribution in [0, 0.1) is 24.7 Å². The maximum atomic E-state index is 12.6. The van der Waals surface area contributed by atoms with Crippen molar-refractivity contribution >= 4 is 23.2 Å². The van der Waals surface area contributed by atoms with Gasteiger partial charge in [-0.1, -0.05) is 30.3 Å². The number of thiazole rings is 1. The van der Waals surface area contributed by atoms with Crippen LogP contribution in [0.5, 0.6) is 0 Å². The Hall–Kier alpha value is -1.92. The Morgan fingerprint density at radius 1 is 1.19 bits per heavy atom.